The lowest BCUT2D eigenvalue weighted by Crippen LogP contribution is -2.26. The summed E-state index contributed by atoms with van der Waals surface area (Å²) >= 11 is 0. The summed E-state index contributed by atoms with van der Waals surface area (Å²) < 4.78 is 0. The maximum Gasteiger partial charge on any atom is 0.0527 e. The Morgan fingerprint density at radius 3 is 2.64 bits per heavy atom. The highest BCUT2D eigenvalue weighted by Gasteiger charge is 2.15. The fraction of sp³-hybridized carbons (Fsp3) is 0.545. The Morgan fingerprint density at radius 2 is 2.14 bits per heavy atom. The van der Waals surface area contributed by atoms with Gasteiger partial charge in [0.1, 0.15) is 0 Å². The highest BCUT2D eigenvalue weighted by molar-refractivity contribution is 5.40. The molecular weight excluding hydrogens is 176 g/mol. The van der Waals surface area contributed by atoms with Crippen LogP contribution in [-0.4, -0.2) is 23.2 Å². The van der Waals surface area contributed by atoms with E-state index in [1.807, 2.05) is 39.1 Å². The van der Waals surface area contributed by atoms with Crippen molar-refractivity contribution in [2.24, 2.45) is 5.41 Å². The molecule has 0 amide bonds. The van der Waals surface area contributed by atoms with Crippen LogP contribution >= 0.6 is 0 Å². The molecule has 0 aromatic carbocycles. The van der Waals surface area contributed by atoms with E-state index < -0.39 is 0 Å². The van der Waals surface area contributed by atoms with Crippen molar-refractivity contribution in [2.45, 2.75) is 20.8 Å². The van der Waals surface area contributed by atoms with Crippen LogP contribution in [0.5, 0.6) is 0 Å². The Morgan fingerprint density at radius 1 is 1.43 bits per heavy atom. The van der Waals surface area contributed by atoms with Crippen molar-refractivity contribution in [1.29, 1.82) is 0 Å². The number of hydrogen-bond donors (Lipinski definition) is 2. The van der Waals surface area contributed by atoms with Crippen molar-refractivity contribution in [3.63, 3.8) is 0 Å². The number of hydrogen-bond acceptors (Lipinski definition) is 3. The number of anilines is 1. The SMILES string of the molecule is Cc1ccc(NCC(C)(C)CO)cn1. The molecule has 0 aliphatic rings. The molecule has 1 aromatic rings. The molecule has 3 heteroatoms. The summed E-state index contributed by atoms with van der Waals surface area (Å²) in [5.41, 5.74) is 1.92. The molecule has 1 rings (SSSR count). The minimum Gasteiger partial charge on any atom is -0.396 e. The molecule has 0 aliphatic heterocycles. The zero-order valence-electron chi connectivity index (χ0n) is 9.04. The number of pyridine rings is 1. The Labute approximate surface area is 85.2 Å². The number of nitrogens with zero attached hydrogens (tertiary/aromatic N) is 1. The quantitative estimate of drug-likeness (QED) is 0.768. The molecule has 1 heterocycles. The van der Waals surface area contributed by atoms with E-state index in [4.69, 9.17) is 5.11 Å². The molecule has 0 aliphatic carbocycles. The largest absolute Gasteiger partial charge is 0.396 e. The number of aliphatic hydroxyl groups excluding tert-OH is 1. The minimum atomic E-state index is -0.0924. The molecule has 3 nitrogen and oxygen atoms in total. The van der Waals surface area contributed by atoms with Gasteiger partial charge in [-0.05, 0) is 19.1 Å². The van der Waals surface area contributed by atoms with Crippen LogP contribution in [0.1, 0.15) is 19.5 Å². The van der Waals surface area contributed by atoms with Crippen LogP contribution < -0.4 is 5.32 Å². The number of aryl methyl sites for hydroxylation is 1. The molecule has 2 N–H and O–H groups in total. The molecule has 0 atom stereocenters. The van der Waals surface area contributed by atoms with E-state index in [0.29, 0.717) is 0 Å². The highest BCUT2D eigenvalue weighted by atomic mass is 16.3. The molecule has 0 saturated carbocycles. The van der Waals surface area contributed by atoms with Gasteiger partial charge in [0, 0.05) is 24.3 Å². The molecule has 0 radical (unpaired) electrons. The van der Waals surface area contributed by atoms with Crippen molar-refractivity contribution in [3.8, 4) is 0 Å². The topological polar surface area (TPSA) is 45.1 Å². The van der Waals surface area contributed by atoms with Gasteiger partial charge in [-0.25, -0.2) is 0 Å². The fourth-order valence-electron chi connectivity index (χ4n) is 0.970. The van der Waals surface area contributed by atoms with E-state index >= 15 is 0 Å². The van der Waals surface area contributed by atoms with Crippen molar-refractivity contribution >= 4 is 5.69 Å². The first kappa shape index (κ1) is 11.0. The van der Waals surface area contributed by atoms with E-state index in [0.717, 1.165) is 17.9 Å². The minimum absolute atomic E-state index is 0.0924. The second-order valence-corrected chi connectivity index (χ2v) is 4.36. The first-order valence-electron chi connectivity index (χ1n) is 4.81. The predicted octanol–water partition coefficient (Wildman–Crippen LogP) is 1.82. The van der Waals surface area contributed by atoms with Crippen molar-refractivity contribution in [1.82, 2.24) is 4.98 Å². The zero-order chi connectivity index (χ0) is 10.6. The summed E-state index contributed by atoms with van der Waals surface area (Å²) in [6.45, 7) is 6.91. The van der Waals surface area contributed by atoms with Crippen LogP contribution in [0.2, 0.25) is 0 Å². The van der Waals surface area contributed by atoms with Gasteiger partial charge < -0.3 is 10.4 Å². The van der Waals surface area contributed by atoms with Crippen LogP contribution in [0, 0.1) is 12.3 Å². The molecule has 0 bridgehead atoms. The lowest BCUT2D eigenvalue weighted by Gasteiger charge is -2.22. The maximum absolute atomic E-state index is 9.06. The lowest BCUT2D eigenvalue weighted by molar-refractivity contribution is 0.171. The third-order valence-corrected chi connectivity index (χ3v) is 2.11. The van der Waals surface area contributed by atoms with Gasteiger partial charge in [0.05, 0.1) is 11.9 Å². The third kappa shape index (κ3) is 3.34. The molecule has 0 unspecified atom stereocenters. The van der Waals surface area contributed by atoms with E-state index in [1.165, 1.54) is 0 Å². The number of rotatable bonds is 4. The highest BCUT2D eigenvalue weighted by Crippen LogP contribution is 2.15. The van der Waals surface area contributed by atoms with Crippen LogP contribution in [0.4, 0.5) is 5.69 Å². The smallest absolute Gasteiger partial charge is 0.0527 e. The Hall–Kier alpha value is -1.09. The van der Waals surface area contributed by atoms with Gasteiger partial charge in [-0.1, -0.05) is 13.8 Å². The number of nitrogens with one attached hydrogen (secondary N) is 1. The summed E-state index contributed by atoms with van der Waals surface area (Å²) in [5, 5.41) is 12.3. The van der Waals surface area contributed by atoms with Gasteiger partial charge in [0.2, 0.25) is 0 Å². The average Bonchev–Trinajstić information content (AvgIpc) is 2.17. The van der Waals surface area contributed by atoms with Crippen LogP contribution in [0.15, 0.2) is 18.3 Å². The molecule has 14 heavy (non-hydrogen) atoms. The van der Waals surface area contributed by atoms with Crippen LogP contribution in [0.3, 0.4) is 0 Å². The van der Waals surface area contributed by atoms with Crippen molar-refractivity contribution in [3.05, 3.63) is 24.0 Å². The maximum atomic E-state index is 9.06. The van der Waals surface area contributed by atoms with Gasteiger partial charge in [0.25, 0.3) is 0 Å². The zero-order valence-corrected chi connectivity index (χ0v) is 9.04. The molecule has 0 spiro atoms. The van der Waals surface area contributed by atoms with Gasteiger partial charge in [-0.15, -0.1) is 0 Å². The van der Waals surface area contributed by atoms with E-state index in [9.17, 15) is 0 Å². The van der Waals surface area contributed by atoms with E-state index in [2.05, 4.69) is 10.3 Å². The normalized spacial score (nSPS) is 11.4. The summed E-state index contributed by atoms with van der Waals surface area (Å²) in [7, 11) is 0. The van der Waals surface area contributed by atoms with E-state index in [-0.39, 0.29) is 12.0 Å². The summed E-state index contributed by atoms with van der Waals surface area (Å²) in [4.78, 5) is 4.18. The third-order valence-electron chi connectivity index (χ3n) is 2.11. The molecule has 0 saturated heterocycles. The molecule has 0 fully saturated rings. The van der Waals surface area contributed by atoms with Crippen molar-refractivity contribution in [2.75, 3.05) is 18.5 Å². The second kappa shape index (κ2) is 4.42. The van der Waals surface area contributed by atoms with Gasteiger partial charge in [-0.2, -0.15) is 0 Å². The Kier molecular flexibility index (Phi) is 3.47. The molecule has 78 valence electrons. The van der Waals surface area contributed by atoms with Gasteiger partial charge >= 0.3 is 0 Å². The summed E-state index contributed by atoms with van der Waals surface area (Å²) in [6, 6.07) is 3.96. The summed E-state index contributed by atoms with van der Waals surface area (Å²) in [5.74, 6) is 0. The second-order valence-electron chi connectivity index (χ2n) is 4.36. The van der Waals surface area contributed by atoms with Gasteiger partial charge in [-0.3, -0.25) is 4.98 Å². The van der Waals surface area contributed by atoms with Crippen LogP contribution in [-0.2, 0) is 0 Å². The summed E-state index contributed by atoms with van der Waals surface area (Å²) in [6.07, 6.45) is 1.81. The van der Waals surface area contributed by atoms with E-state index in [1.54, 1.807) is 0 Å². The Balaban J connectivity index is 2.50. The fourth-order valence-corrected chi connectivity index (χ4v) is 0.970. The monoisotopic (exact) mass is 194 g/mol. The van der Waals surface area contributed by atoms with Crippen LogP contribution in [0.25, 0.3) is 0 Å². The van der Waals surface area contributed by atoms with Crippen molar-refractivity contribution < 1.29 is 5.11 Å². The first-order valence-corrected chi connectivity index (χ1v) is 4.81. The van der Waals surface area contributed by atoms with Gasteiger partial charge in [0.15, 0.2) is 0 Å². The molecular formula is C11H18N2O. The average molecular weight is 194 g/mol. The number of aliphatic hydroxyl groups is 1. The lowest BCUT2D eigenvalue weighted by atomic mass is 9.95. The predicted molar refractivity (Wildman–Crippen MR) is 58.3 cm³/mol. The first-order chi connectivity index (χ1) is 6.53. The molecule has 1 aromatic heterocycles. The number of aromatic nitrogens is 1. The Bertz CT molecular complexity index is 280. The standard InChI is InChI=1S/C11H18N2O/c1-9-4-5-10(6-12-9)13-7-11(2,3)8-14/h4-6,13-14H,7-8H2,1-3H3.